The molecule has 0 fully saturated rings. The fourth-order valence-corrected chi connectivity index (χ4v) is 0.429. The highest BCUT2D eigenvalue weighted by atomic mass is 16.5. The lowest BCUT2D eigenvalue weighted by molar-refractivity contribution is -0.119. The van der Waals surface area contributed by atoms with Crippen LogP contribution in [0, 0.1) is 0 Å². The van der Waals surface area contributed by atoms with Crippen LogP contribution in [-0.2, 0) is 9.53 Å². The first-order chi connectivity index (χ1) is 4.66. The molecule has 1 unspecified atom stereocenters. The molecular weight excluding hydrogens is 132 g/mol. The van der Waals surface area contributed by atoms with Crippen molar-refractivity contribution in [2.75, 3.05) is 13.2 Å². The number of ether oxygens (including phenoxy) is 1. The van der Waals surface area contributed by atoms with Crippen LogP contribution in [-0.4, -0.2) is 25.2 Å². The molecule has 0 rings (SSSR count). The van der Waals surface area contributed by atoms with Crippen LogP contribution in [0.1, 0.15) is 13.3 Å². The van der Waals surface area contributed by atoms with Crippen molar-refractivity contribution in [3.8, 4) is 0 Å². The normalized spacial score (nSPS) is 13.0. The first-order valence-corrected chi connectivity index (χ1v) is 3.26. The summed E-state index contributed by atoms with van der Waals surface area (Å²) in [5.41, 5.74) is 10.1. The van der Waals surface area contributed by atoms with E-state index in [-0.39, 0.29) is 18.4 Å². The van der Waals surface area contributed by atoms with E-state index in [9.17, 15) is 4.79 Å². The maximum atomic E-state index is 10.2. The summed E-state index contributed by atoms with van der Waals surface area (Å²) >= 11 is 0. The lowest BCUT2D eigenvalue weighted by Crippen LogP contribution is -2.22. The van der Waals surface area contributed by atoms with Crippen LogP contribution in [0.2, 0.25) is 0 Å². The number of nitrogens with two attached hydrogens (primary N) is 2. The lowest BCUT2D eigenvalue weighted by Gasteiger charge is -2.08. The third kappa shape index (κ3) is 5.53. The lowest BCUT2D eigenvalue weighted by atomic mass is 10.4. The summed E-state index contributed by atoms with van der Waals surface area (Å²) in [6.45, 7) is 2.69. The second-order valence-electron chi connectivity index (χ2n) is 2.13. The van der Waals surface area contributed by atoms with Gasteiger partial charge in [0.1, 0.15) is 0 Å². The first kappa shape index (κ1) is 9.39. The van der Waals surface area contributed by atoms with Crippen LogP contribution in [0.4, 0.5) is 0 Å². The Morgan fingerprint density at radius 1 is 1.70 bits per heavy atom. The Balaban J connectivity index is 3.11. The summed E-state index contributed by atoms with van der Waals surface area (Å²) in [5, 5.41) is 0. The van der Waals surface area contributed by atoms with Crippen molar-refractivity contribution in [1.82, 2.24) is 0 Å². The van der Waals surface area contributed by atoms with Crippen LogP contribution >= 0.6 is 0 Å². The number of carbonyl (C=O) groups is 1. The van der Waals surface area contributed by atoms with Gasteiger partial charge in [0.15, 0.2) is 0 Å². The van der Waals surface area contributed by atoms with Gasteiger partial charge in [0.2, 0.25) is 5.91 Å². The largest absolute Gasteiger partial charge is 0.377 e. The number of amides is 1. The van der Waals surface area contributed by atoms with E-state index in [1.54, 1.807) is 0 Å². The Morgan fingerprint density at radius 3 is 2.70 bits per heavy atom. The van der Waals surface area contributed by atoms with Crippen LogP contribution in [0.5, 0.6) is 0 Å². The summed E-state index contributed by atoms with van der Waals surface area (Å²) in [4.78, 5) is 10.2. The van der Waals surface area contributed by atoms with Crippen molar-refractivity contribution in [2.24, 2.45) is 11.5 Å². The van der Waals surface area contributed by atoms with Crippen molar-refractivity contribution in [2.45, 2.75) is 19.4 Å². The molecule has 0 aromatic heterocycles. The number of rotatable bonds is 5. The van der Waals surface area contributed by atoms with Crippen molar-refractivity contribution in [1.29, 1.82) is 0 Å². The van der Waals surface area contributed by atoms with Crippen LogP contribution in [0.3, 0.4) is 0 Å². The number of hydrogen-bond acceptors (Lipinski definition) is 3. The third-order valence-electron chi connectivity index (χ3n) is 1.08. The topological polar surface area (TPSA) is 78.3 Å². The van der Waals surface area contributed by atoms with Crippen LogP contribution in [0.15, 0.2) is 0 Å². The average molecular weight is 146 g/mol. The zero-order chi connectivity index (χ0) is 7.98. The van der Waals surface area contributed by atoms with Crippen molar-refractivity contribution in [3.63, 3.8) is 0 Å². The summed E-state index contributed by atoms with van der Waals surface area (Å²) in [6.07, 6.45) is 0.281. The van der Waals surface area contributed by atoms with Gasteiger partial charge in [-0.15, -0.1) is 0 Å². The number of primary amides is 1. The Morgan fingerprint density at radius 2 is 2.30 bits per heavy atom. The maximum Gasteiger partial charge on any atom is 0.219 e. The maximum absolute atomic E-state index is 10.2. The van der Waals surface area contributed by atoms with Gasteiger partial charge in [0.05, 0.1) is 12.7 Å². The Labute approximate surface area is 60.5 Å². The van der Waals surface area contributed by atoms with Gasteiger partial charge in [-0.05, 0) is 6.92 Å². The molecule has 1 atom stereocenters. The van der Waals surface area contributed by atoms with Gasteiger partial charge >= 0.3 is 0 Å². The van der Waals surface area contributed by atoms with Crippen molar-refractivity contribution < 1.29 is 9.53 Å². The highest BCUT2D eigenvalue weighted by Gasteiger charge is 1.99. The Hall–Kier alpha value is -0.610. The van der Waals surface area contributed by atoms with E-state index in [0.29, 0.717) is 13.2 Å². The second-order valence-corrected chi connectivity index (χ2v) is 2.13. The summed E-state index contributed by atoms with van der Waals surface area (Å²) in [5.74, 6) is -0.343. The van der Waals surface area contributed by atoms with Gasteiger partial charge in [-0.3, -0.25) is 4.79 Å². The van der Waals surface area contributed by atoms with E-state index in [4.69, 9.17) is 16.2 Å². The van der Waals surface area contributed by atoms with Gasteiger partial charge in [-0.25, -0.2) is 0 Å². The highest BCUT2D eigenvalue weighted by molar-refractivity contribution is 5.73. The van der Waals surface area contributed by atoms with E-state index in [1.807, 2.05) is 6.92 Å². The molecule has 4 N–H and O–H groups in total. The smallest absolute Gasteiger partial charge is 0.219 e. The second kappa shape index (κ2) is 5.20. The minimum absolute atomic E-state index is 0.0133. The monoisotopic (exact) mass is 146 g/mol. The third-order valence-corrected chi connectivity index (χ3v) is 1.08. The Kier molecular flexibility index (Phi) is 4.88. The van der Waals surface area contributed by atoms with Crippen LogP contribution in [0.25, 0.3) is 0 Å². The van der Waals surface area contributed by atoms with E-state index in [1.165, 1.54) is 0 Å². The SMILES string of the molecule is CC(CN)OCCC(N)=O. The molecule has 60 valence electrons. The summed E-state index contributed by atoms with van der Waals surface area (Å²) in [7, 11) is 0. The standard InChI is InChI=1S/C6H14N2O2/c1-5(4-7)10-3-2-6(8)9/h5H,2-4,7H2,1H3,(H2,8,9). The zero-order valence-electron chi connectivity index (χ0n) is 6.17. The Bertz CT molecular complexity index is 106. The molecule has 0 heterocycles. The molecule has 0 aliphatic rings. The molecule has 10 heavy (non-hydrogen) atoms. The summed E-state index contributed by atoms with van der Waals surface area (Å²) in [6, 6.07) is 0. The summed E-state index contributed by atoms with van der Waals surface area (Å²) < 4.78 is 5.08. The zero-order valence-corrected chi connectivity index (χ0v) is 6.17. The van der Waals surface area contributed by atoms with Crippen molar-refractivity contribution >= 4 is 5.91 Å². The predicted molar refractivity (Wildman–Crippen MR) is 38.3 cm³/mol. The minimum atomic E-state index is -0.343. The van der Waals surface area contributed by atoms with Crippen molar-refractivity contribution in [3.05, 3.63) is 0 Å². The van der Waals surface area contributed by atoms with Gasteiger partial charge < -0.3 is 16.2 Å². The molecule has 1 amide bonds. The van der Waals surface area contributed by atoms with E-state index in [0.717, 1.165) is 0 Å². The highest BCUT2D eigenvalue weighted by Crippen LogP contribution is 1.88. The number of hydrogen-bond donors (Lipinski definition) is 2. The first-order valence-electron chi connectivity index (χ1n) is 3.26. The fraction of sp³-hybridized carbons (Fsp3) is 0.833. The molecule has 0 aromatic carbocycles. The van der Waals surface area contributed by atoms with Gasteiger partial charge in [-0.2, -0.15) is 0 Å². The average Bonchev–Trinajstić information content (AvgIpc) is 1.87. The number of carbonyl (C=O) groups excluding carboxylic acids is 1. The molecule has 4 heteroatoms. The minimum Gasteiger partial charge on any atom is -0.377 e. The molecule has 0 saturated heterocycles. The molecule has 0 radical (unpaired) electrons. The van der Waals surface area contributed by atoms with Crippen LogP contribution < -0.4 is 11.5 Å². The molecule has 0 saturated carbocycles. The van der Waals surface area contributed by atoms with Gasteiger partial charge in [0, 0.05) is 13.0 Å². The molecule has 0 spiro atoms. The molecule has 0 bridgehead atoms. The van der Waals surface area contributed by atoms with Gasteiger partial charge in [-0.1, -0.05) is 0 Å². The van der Waals surface area contributed by atoms with E-state index < -0.39 is 0 Å². The molecule has 4 nitrogen and oxygen atoms in total. The quantitative estimate of drug-likeness (QED) is 0.534. The predicted octanol–water partition coefficient (Wildman–Crippen LogP) is -0.774. The molecular formula is C6H14N2O2. The fourth-order valence-electron chi connectivity index (χ4n) is 0.429. The molecule has 0 aliphatic carbocycles. The van der Waals surface area contributed by atoms with E-state index >= 15 is 0 Å². The molecule has 0 aliphatic heterocycles. The van der Waals surface area contributed by atoms with E-state index in [2.05, 4.69) is 0 Å². The molecule has 0 aromatic rings. The van der Waals surface area contributed by atoms with Gasteiger partial charge in [0.25, 0.3) is 0 Å².